The number of hydrogen-bond acceptors (Lipinski definition) is 2. The first kappa shape index (κ1) is 10.6. The summed E-state index contributed by atoms with van der Waals surface area (Å²) < 4.78 is 0.979. The van der Waals surface area contributed by atoms with E-state index in [1.54, 1.807) is 4.90 Å². The van der Waals surface area contributed by atoms with Crippen molar-refractivity contribution in [2.24, 2.45) is 5.73 Å². The Bertz CT molecular complexity index is 406. The molecule has 1 aromatic carbocycles. The second kappa shape index (κ2) is 3.94. The molecule has 2 N–H and O–H groups in total. The number of nitrogens with two attached hydrogens (primary N) is 1. The SMILES string of the molecule is Cc1cccc(N2CCC(N)C2=O)c1Br. The van der Waals surface area contributed by atoms with E-state index < -0.39 is 0 Å². The number of amides is 1. The Labute approximate surface area is 97.4 Å². The Hall–Kier alpha value is -0.870. The summed E-state index contributed by atoms with van der Waals surface area (Å²) in [7, 11) is 0. The molecule has 0 aromatic heterocycles. The predicted octanol–water partition coefficient (Wildman–Crippen LogP) is 1.82. The summed E-state index contributed by atoms with van der Waals surface area (Å²) >= 11 is 3.50. The minimum Gasteiger partial charge on any atom is -0.320 e. The van der Waals surface area contributed by atoms with Gasteiger partial charge in [0.1, 0.15) is 0 Å². The number of benzene rings is 1. The highest BCUT2D eigenvalue weighted by Gasteiger charge is 2.30. The van der Waals surface area contributed by atoms with E-state index in [9.17, 15) is 4.79 Å². The number of anilines is 1. The van der Waals surface area contributed by atoms with Gasteiger partial charge < -0.3 is 10.6 Å². The van der Waals surface area contributed by atoms with Gasteiger partial charge in [0.25, 0.3) is 0 Å². The molecule has 1 aliphatic rings. The van der Waals surface area contributed by atoms with Gasteiger partial charge in [-0.2, -0.15) is 0 Å². The van der Waals surface area contributed by atoms with E-state index in [4.69, 9.17) is 5.73 Å². The second-order valence-corrected chi connectivity index (χ2v) is 4.59. The molecule has 1 fully saturated rings. The summed E-state index contributed by atoms with van der Waals surface area (Å²) in [6.45, 7) is 2.72. The average Bonchev–Trinajstić information content (AvgIpc) is 2.53. The van der Waals surface area contributed by atoms with Crippen LogP contribution >= 0.6 is 15.9 Å². The molecule has 1 atom stereocenters. The molecule has 0 bridgehead atoms. The van der Waals surface area contributed by atoms with Crippen LogP contribution in [-0.4, -0.2) is 18.5 Å². The summed E-state index contributed by atoms with van der Waals surface area (Å²) in [5.74, 6) is 0.0151. The zero-order valence-electron chi connectivity index (χ0n) is 8.53. The van der Waals surface area contributed by atoms with Crippen LogP contribution in [0.4, 0.5) is 5.69 Å². The van der Waals surface area contributed by atoms with Crippen molar-refractivity contribution in [1.82, 2.24) is 0 Å². The third-order valence-corrected chi connectivity index (χ3v) is 3.74. The molecular weight excluding hydrogens is 256 g/mol. The number of carbonyl (C=O) groups is 1. The predicted molar refractivity (Wildman–Crippen MR) is 63.8 cm³/mol. The lowest BCUT2D eigenvalue weighted by atomic mass is 10.2. The van der Waals surface area contributed by atoms with Gasteiger partial charge in [0.15, 0.2) is 0 Å². The molecule has 3 nitrogen and oxygen atoms in total. The van der Waals surface area contributed by atoms with E-state index in [2.05, 4.69) is 15.9 Å². The van der Waals surface area contributed by atoms with Crippen LogP contribution in [0.1, 0.15) is 12.0 Å². The van der Waals surface area contributed by atoms with Crippen LogP contribution < -0.4 is 10.6 Å². The molecule has 4 heteroatoms. The van der Waals surface area contributed by atoms with Crippen molar-refractivity contribution in [3.05, 3.63) is 28.2 Å². The maximum atomic E-state index is 11.7. The monoisotopic (exact) mass is 268 g/mol. The zero-order chi connectivity index (χ0) is 11.0. The van der Waals surface area contributed by atoms with Crippen LogP contribution in [0, 0.1) is 6.92 Å². The summed E-state index contributed by atoms with van der Waals surface area (Å²) in [5.41, 5.74) is 7.74. The van der Waals surface area contributed by atoms with Gasteiger partial charge in [0, 0.05) is 11.0 Å². The van der Waals surface area contributed by atoms with Crippen LogP contribution in [0.3, 0.4) is 0 Å². The van der Waals surface area contributed by atoms with Gasteiger partial charge in [0.05, 0.1) is 11.7 Å². The smallest absolute Gasteiger partial charge is 0.243 e. The molecule has 0 saturated carbocycles. The van der Waals surface area contributed by atoms with E-state index in [0.717, 1.165) is 22.1 Å². The normalized spacial score (nSPS) is 21.1. The fourth-order valence-electron chi connectivity index (χ4n) is 1.78. The molecule has 1 heterocycles. The van der Waals surface area contributed by atoms with E-state index in [1.807, 2.05) is 25.1 Å². The molecule has 1 aliphatic heterocycles. The summed E-state index contributed by atoms with van der Waals surface area (Å²) in [4.78, 5) is 13.5. The lowest BCUT2D eigenvalue weighted by Gasteiger charge is -2.18. The van der Waals surface area contributed by atoms with Crippen LogP contribution in [0.25, 0.3) is 0 Å². The maximum Gasteiger partial charge on any atom is 0.243 e. The van der Waals surface area contributed by atoms with Crippen molar-refractivity contribution in [2.75, 3.05) is 11.4 Å². The van der Waals surface area contributed by atoms with Gasteiger partial charge in [-0.1, -0.05) is 12.1 Å². The summed E-state index contributed by atoms with van der Waals surface area (Å²) in [6.07, 6.45) is 0.735. The molecular formula is C11H13BrN2O. The number of halogens is 1. The van der Waals surface area contributed by atoms with Gasteiger partial charge in [-0.15, -0.1) is 0 Å². The lowest BCUT2D eigenvalue weighted by molar-refractivity contribution is -0.118. The van der Waals surface area contributed by atoms with E-state index in [1.165, 1.54) is 0 Å². The number of nitrogens with zero attached hydrogens (tertiary/aromatic N) is 1. The number of carbonyl (C=O) groups excluding carboxylic acids is 1. The first-order valence-corrected chi connectivity index (χ1v) is 5.72. The quantitative estimate of drug-likeness (QED) is 0.845. The highest BCUT2D eigenvalue weighted by atomic mass is 79.9. The van der Waals surface area contributed by atoms with Crippen LogP contribution in [0.15, 0.2) is 22.7 Å². The van der Waals surface area contributed by atoms with Crippen molar-refractivity contribution < 1.29 is 4.79 Å². The molecule has 0 spiro atoms. The van der Waals surface area contributed by atoms with Gasteiger partial charge in [-0.05, 0) is 40.9 Å². The summed E-state index contributed by atoms with van der Waals surface area (Å²) in [6, 6.07) is 5.56. The Kier molecular flexibility index (Phi) is 2.80. The van der Waals surface area contributed by atoms with Crippen molar-refractivity contribution in [2.45, 2.75) is 19.4 Å². The molecule has 1 amide bonds. The number of rotatable bonds is 1. The fourth-order valence-corrected chi connectivity index (χ4v) is 2.26. The van der Waals surface area contributed by atoms with Crippen LogP contribution in [0.5, 0.6) is 0 Å². The average molecular weight is 269 g/mol. The van der Waals surface area contributed by atoms with Crippen molar-refractivity contribution in [3.8, 4) is 0 Å². The van der Waals surface area contributed by atoms with E-state index in [0.29, 0.717) is 6.54 Å². The fraction of sp³-hybridized carbons (Fsp3) is 0.364. The van der Waals surface area contributed by atoms with Gasteiger partial charge in [0.2, 0.25) is 5.91 Å². The standard InChI is InChI=1S/C11H13BrN2O/c1-7-3-2-4-9(10(7)12)14-6-5-8(13)11(14)15/h2-4,8H,5-6,13H2,1H3. The van der Waals surface area contributed by atoms with Crippen LogP contribution in [-0.2, 0) is 4.79 Å². The van der Waals surface area contributed by atoms with Gasteiger partial charge in [-0.3, -0.25) is 4.79 Å². The minimum atomic E-state index is -0.336. The molecule has 1 aromatic rings. The van der Waals surface area contributed by atoms with Gasteiger partial charge in [-0.25, -0.2) is 0 Å². The van der Waals surface area contributed by atoms with E-state index in [-0.39, 0.29) is 11.9 Å². The topological polar surface area (TPSA) is 46.3 Å². The second-order valence-electron chi connectivity index (χ2n) is 3.79. The molecule has 0 radical (unpaired) electrons. The first-order valence-electron chi connectivity index (χ1n) is 4.93. The van der Waals surface area contributed by atoms with Crippen molar-refractivity contribution in [3.63, 3.8) is 0 Å². The molecule has 15 heavy (non-hydrogen) atoms. The maximum absolute atomic E-state index is 11.7. The number of hydrogen-bond donors (Lipinski definition) is 1. The Morgan fingerprint density at radius 2 is 2.27 bits per heavy atom. The molecule has 1 unspecified atom stereocenters. The largest absolute Gasteiger partial charge is 0.320 e. The Balaban J connectivity index is 2.38. The molecule has 2 rings (SSSR count). The van der Waals surface area contributed by atoms with Crippen molar-refractivity contribution >= 4 is 27.5 Å². The molecule has 80 valence electrons. The highest BCUT2D eigenvalue weighted by molar-refractivity contribution is 9.10. The number of aryl methyl sites for hydroxylation is 1. The van der Waals surface area contributed by atoms with Crippen LogP contribution in [0.2, 0.25) is 0 Å². The molecule has 0 aliphatic carbocycles. The lowest BCUT2D eigenvalue weighted by Crippen LogP contribution is -2.34. The highest BCUT2D eigenvalue weighted by Crippen LogP contribution is 2.31. The Morgan fingerprint density at radius 3 is 2.87 bits per heavy atom. The van der Waals surface area contributed by atoms with Crippen molar-refractivity contribution in [1.29, 1.82) is 0 Å². The minimum absolute atomic E-state index is 0.0151. The zero-order valence-corrected chi connectivity index (χ0v) is 10.1. The van der Waals surface area contributed by atoms with E-state index >= 15 is 0 Å². The third-order valence-electron chi connectivity index (χ3n) is 2.71. The first-order chi connectivity index (χ1) is 7.11. The summed E-state index contributed by atoms with van der Waals surface area (Å²) in [5, 5.41) is 0. The third kappa shape index (κ3) is 1.79. The van der Waals surface area contributed by atoms with Gasteiger partial charge >= 0.3 is 0 Å². The Morgan fingerprint density at radius 1 is 1.53 bits per heavy atom. The molecule has 1 saturated heterocycles.